The van der Waals surface area contributed by atoms with Crippen molar-refractivity contribution in [2.24, 2.45) is 19.8 Å². The number of carbonyl (C=O) groups excluding carboxylic acids is 1. The van der Waals surface area contributed by atoms with Gasteiger partial charge in [0.1, 0.15) is 0 Å². The molecule has 1 heterocycles. The Morgan fingerprint density at radius 3 is 2.33 bits per heavy atom. The zero-order chi connectivity index (χ0) is 20.2. The maximum absolute atomic E-state index is 13.0. The lowest BCUT2D eigenvalue weighted by atomic mass is 10.1. The minimum absolute atomic E-state index is 0.0611. The molecular weight excluding hydrogens is 372 g/mol. The number of carbonyl (C=O) groups is 1. The smallest absolute Gasteiger partial charge is 0.330 e. The van der Waals surface area contributed by atoms with Crippen LogP contribution in [0.5, 0.6) is 0 Å². The highest BCUT2D eigenvalue weighted by Crippen LogP contribution is 2.13. The molecule has 0 radical (unpaired) electrons. The number of hydrogen-bond acceptors (Lipinski definition) is 5. The van der Waals surface area contributed by atoms with Crippen molar-refractivity contribution < 1.29 is 13.2 Å². The minimum atomic E-state index is -4.23. The van der Waals surface area contributed by atoms with Crippen LogP contribution in [-0.2, 0) is 35.3 Å². The van der Waals surface area contributed by atoms with Gasteiger partial charge in [0.25, 0.3) is 5.56 Å². The van der Waals surface area contributed by atoms with Gasteiger partial charge in [-0.25, -0.2) is 13.2 Å². The molecular formula is C17H22N4O5S. The van der Waals surface area contributed by atoms with E-state index in [1.165, 1.54) is 14.1 Å². The van der Waals surface area contributed by atoms with E-state index in [1.54, 1.807) is 0 Å². The van der Waals surface area contributed by atoms with Gasteiger partial charge in [0.15, 0.2) is 4.90 Å². The second-order valence-corrected chi connectivity index (χ2v) is 8.01. The number of sulfonamides is 1. The second kappa shape index (κ2) is 8.31. The summed E-state index contributed by atoms with van der Waals surface area (Å²) >= 11 is 0. The molecule has 146 valence electrons. The van der Waals surface area contributed by atoms with Crippen molar-refractivity contribution >= 4 is 15.9 Å². The predicted octanol–water partition coefficient (Wildman–Crippen LogP) is -0.807. The van der Waals surface area contributed by atoms with E-state index in [0.29, 0.717) is 6.42 Å². The molecule has 1 aromatic carbocycles. The van der Waals surface area contributed by atoms with Crippen LogP contribution < -0.4 is 17.0 Å². The molecule has 27 heavy (non-hydrogen) atoms. The van der Waals surface area contributed by atoms with Crippen molar-refractivity contribution in [2.75, 3.05) is 13.1 Å². The van der Waals surface area contributed by atoms with Crippen molar-refractivity contribution in [1.29, 1.82) is 0 Å². The fraction of sp³-hybridized carbons (Fsp3) is 0.353. The number of amides is 1. The van der Waals surface area contributed by atoms with Gasteiger partial charge < -0.3 is 10.3 Å². The Hall–Kier alpha value is -2.72. The third kappa shape index (κ3) is 4.72. The van der Waals surface area contributed by atoms with E-state index in [2.05, 4.69) is 0 Å². The number of rotatable bonds is 8. The molecule has 0 unspecified atom stereocenters. The molecule has 0 aliphatic heterocycles. The van der Waals surface area contributed by atoms with Gasteiger partial charge in [-0.05, 0) is 12.0 Å². The number of aryl methyl sites for hydroxylation is 1. The van der Waals surface area contributed by atoms with Gasteiger partial charge in [0.2, 0.25) is 15.9 Å². The number of nitrogens with two attached hydrogens (primary N) is 1. The first kappa shape index (κ1) is 20.6. The minimum Gasteiger partial charge on any atom is -0.370 e. The van der Waals surface area contributed by atoms with Crippen LogP contribution in [0.3, 0.4) is 0 Å². The molecule has 9 nitrogen and oxygen atoms in total. The van der Waals surface area contributed by atoms with Crippen LogP contribution in [0.1, 0.15) is 12.0 Å². The fourth-order valence-corrected chi connectivity index (χ4v) is 4.17. The Labute approximate surface area is 156 Å². The van der Waals surface area contributed by atoms with Crippen LogP contribution in [0.4, 0.5) is 0 Å². The van der Waals surface area contributed by atoms with E-state index in [9.17, 15) is 22.8 Å². The fourth-order valence-electron chi connectivity index (χ4n) is 2.58. The van der Waals surface area contributed by atoms with Gasteiger partial charge in [0.05, 0.1) is 0 Å². The van der Waals surface area contributed by atoms with E-state index < -0.39 is 32.1 Å². The molecule has 2 aromatic rings. The highest BCUT2D eigenvalue weighted by Gasteiger charge is 2.29. The SMILES string of the molecule is Cn1cc(S(=O)(=O)N(CCC(N)=O)CCc2ccccc2)c(=O)n(C)c1=O. The highest BCUT2D eigenvalue weighted by atomic mass is 32.2. The molecule has 10 heteroatoms. The summed E-state index contributed by atoms with van der Waals surface area (Å²) in [5.41, 5.74) is 4.52. The van der Waals surface area contributed by atoms with Gasteiger partial charge >= 0.3 is 5.69 Å². The Kier molecular flexibility index (Phi) is 6.34. The first-order valence-corrected chi connectivity index (χ1v) is 9.67. The van der Waals surface area contributed by atoms with Crippen molar-refractivity contribution in [3.8, 4) is 0 Å². The third-order valence-corrected chi connectivity index (χ3v) is 6.01. The molecule has 2 rings (SSSR count). The quantitative estimate of drug-likeness (QED) is 0.627. The first-order chi connectivity index (χ1) is 12.6. The van der Waals surface area contributed by atoms with Gasteiger partial charge in [-0.2, -0.15) is 4.31 Å². The molecule has 1 aromatic heterocycles. The van der Waals surface area contributed by atoms with Crippen molar-refractivity contribution in [2.45, 2.75) is 17.7 Å². The molecule has 0 fully saturated rings. The number of benzene rings is 1. The number of primary amides is 1. The van der Waals surface area contributed by atoms with Crippen LogP contribution in [0.25, 0.3) is 0 Å². The molecule has 0 bridgehead atoms. The number of aromatic nitrogens is 2. The van der Waals surface area contributed by atoms with Crippen molar-refractivity contribution in [3.63, 3.8) is 0 Å². The molecule has 0 aliphatic carbocycles. The first-order valence-electron chi connectivity index (χ1n) is 8.23. The summed E-state index contributed by atoms with van der Waals surface area (Å²) in [6.45, 7) is -0.0951. The largest absolute Gasteiger partial charge is 0.370 e. The average Bonchev–Trinajstić information content (AvgIpc) is 2.63. The highest BCUT2D eigenvalue weighted by molar-refractivity contribution is 7.89. The van der Waals surface area contributed by atoms with Crippen LogP contribution >= 0.6 is 0 Å². The standard InChI is InChI=1S/C17H22N4O5S/c1-19-12-14(16(23)20(2)17(19)24)27(25,26)21(11-9-15(18)22)10-8-13-6-4-3-5-7-13/h3-7,12H,8-11H2,1-2H3,(H2,18,22). The maximum Gasteiger partial charge on any atom is 0.330 e. The van der Waals surface area contributed by atoms with Crippen LogP contribution in [0.2, 0.25) is 0 Å². The van der Waals surface area contributed by atoms with E-state index in [0.717, 1.165) is 25.2 Å². The van der Waals surface area contributed by atoms with Crippen LogP contribution in [0, 0.1) is 0 Å². The summed E-state index contributed by atoms with van der Waals surface area (Å²) in [4.78, 5) is 34.8. The average molecular weight is 394 g/mol. The number of hydrogen-bond donors (Lipinski definition) is 1. The Balaban J connectivity index is 2.42. The predicted molar refractivity (Wildman–Crippen MR) is 99.6 cm³/mol. The Morgan fingerprint density at radius 2 is 1.74 bits per heavy atom. The van der Waals surface area contributed by atoms with Crippen molar-refractivity contribution in [3.05, 3.63) is 62.9 Å². The second-order valence-electron chi connectivity index (χ2n) is 6.11. The van der Waals surface area contributed by atoms with Gasteiger partial charge in [-0.1, -0.05) is 30.3 Å². The maximum atomic E-state index is 13.0. The monoisotopic (exact) mass is 394 g/mol. The lowest BCUT2D eigenvalue weighted by Gasteiger charge is -2.22. The normalized spacial score (nSPS) is 11.7. The molecule has 0 aliphatic rings. The summed E-state index contributed by atoms with van der Waals surface area (Å²) in [6.07, 6.45) is 1.21. The summed E-state index contributed by atoms with van der Waals surface area (Å²) in [7, 11) is -1.66. The molecule has 0 saturated carbocycles. The third-order valence-electron chi connectivity index (χ3n) is 4.13. The zero-order valence-corrected chi connectivity index (χ0v) is 16.0. The summed E-state index contributed by atoms with van der Waals surface area (Å²) in [5.74, 6) is -0.650. The van der Waals surface area contributed by atoms with E-state index in [4.69, 9.17) is 5.73 Å². The summed E-state index contributed by atoms with van der Waals surface area (Å²) in [5, 5.41) is 0. The molecule has 0 atom stereocenters. The lowest BCUT2D eigenvalue weighted by Crippen LogP contribution is -2.43. The molecule has 1 amide bonds. The van der Waals surface area contributed by atoms with Gasteiger partial charge in [-0.3, -0.25) is 14.2 Å². The summed E-state index contributed by atoms with van der Waals surface area (Å²) < 4.78 is 28.9. The molecule has 0 spiro atoms. The Bertz CT molecular complexity index is 1040. The van der Waals surface area contributed by atoms with Crippen molar-refractivity contribution in [1.82, 2.24) is 13.4 Å². The molecule has 0 saturated heterocycles. The lowest BCUT2D eigenvalue weighted by molar-refractivity contribution is -0.118. The Morgan fingerprint density at radius 1 is 1.11 bits per heavy atom. The van der Waals surface area contributed by atoms with E-state index >= 15 is 0 Å². The number of nitrogens with zero attached hydrogens (tertiary/aromatic N) is 3. The topological polar surface area (TPSA) is 124 Å². The molecule has 2 N–H and O–H groups in total. The van der Waals surface area contributed by atoms with Gasteiger partial charge in [0, 0.05) is 39.8 Å². The van der Waals surface area contributed by atoms with E-state index in [1.807, 2.05) is 30.3 Å². The van der Waals surface area contributed by atoms with Crippen LogP contribution in [-0.4, -0.2) is 40.9 Å². The van der Waals surface area contributed by atoms with Crippen LogP contribution in [0.15, 0.2) is 51.0 Å². The zero-order valence-electron chi connectivity index (χ0n) is 15.2. The van der Waals surface area contributed by atoms with E-state index in [-0.39, 0.29) is 19.5 Å². The van der Waals surface area contributed by atoms with Gasteiger partial charge in [-0.15, -0.1) is 0 Å². The summed E-state index contributed by atoms with van der Waals surface area (Å²) in [6, 6.07) is 9.22.